The average molecular weight is 377 g/mol. The van der Waals surface area contributed by atoms with Crippen molar-refractivity contribution in [2.24, 2.45) is 0 Å². The van der Waals surface area contributed by atoms with Gasteiger partial charge in [0.25, 0.3) is 0 Å². The van der Waals surface area contributed by atoms with Crippen LogP contribution in [0.15, 0.2) is 53.0 Å². The molecule has 118 valence electrons. The minimum atomic E-state index is -0.385. The Morgan fingerprint density at radius 3 is 2.39 bits per heavy atom. The largest absolute Gasteiger partial charge is 0.326 e. The molecule has 2 aromatic rings. The van der Waals surface area contributed by atoms with Crippen molar-refractivity contribution in [3.05, 3.63) is 64.4 Å². The van der Waals surface area contributed by atoms with E-state index < -0.39 is 0 Å². The number of benzene rings is 2. The fourth-order valence-electron chi connectivity index (χ4n) is 1.82. The van der Waals surface area contributed by atoms with Gasteiger partial charge < -0.3 is 10.6 Å². The zero-order chi connectivity index (χ0) is 16.8. The molecule has 0 fully saturated rings. The van der Waals surface area contributed by atoms with E-state index in [-0.39, 0.29) is 17.6 Å². The van der Waals surface area contributed by atoms with E-state index in [0.717, 1.165) is 5.56 Å². The molecule has 0 spiro atoms. The predicted octanol–water partition coefficient (Wildman–Crippen LogP) is 4.20. The van der Waals surface area contributed by atoms with E-state index in [1.807, 2.05) is 0 Å². The molecular formula is C17H14BrFN2O2. The van der Waals surface area contributed by atoms with Gasteiger partial charge in [-0.2, -0.15) is 0 Å². The van der Waals surface area contributed by atoms with Gasteiger partial charge >= 0.3 is 0 Å². The second-order valence-corrected chi connectivity index (χ2v) is 5.60. The van der Waals surface area contributed by atoms with Crippen LogP contribution in [0, 0.1) is 5.82 Å². The monoisotopic (exact) mass is 376 g/mol. The normalized spacial score (nSPS) is 10.6. The number of amides is 2. The molecule has 2 N–H and O–H groups in total. The highest BCUT2D eigenvalue weighted by molar-refractivity contribution is 9.10. The first-order chi connectivity index (χ1) is 10.9. The van der Waals surface area contributed by atoms with Crippen molar-refractivity contribution in [2.75, 3.05) is 10.6 Å². The number of carbonyl (C=O) groups excluding carboxylic acids is 2. The van der Waals surface area contributed by atoms with Crippen LogP contribution in [0.4, 0.5) is 15.8 Å². The van der Waals surface area contributed by atoms with Gasteiger partial charge in [0.2, 0.25) is 11.8 Å². The SMILES string of the molecule is CC(=O)Nc1ccc(/C=C/C(=O)Nc2ccc(F)cc2Br)cc1. The maximum Gasteiger partial charge on any atom is 0.248 e. The third-order valence-electron chi connectivity index (χ3n) is 2.85. The van der Waals surface area contributed by atoms with E-state index in [1.54, 1.807) is 30.3 Å². The summed E-state index contributed by atoms with van der Waals surface area (Å²) in [5, 5.41) is 5.31. The molecule has 0 atom stereocenters. The Labute approximate surface area is 141 Å². The number of carbonyl (C=O) groups is 2. The Morgan fingerprint density at radius 1 is 1.09 bits per heavy atom. The van der Waals surface area contributed by atoms with Gasteiger partial charge in [0, 0.05) is 23.2 Å². The molecule has 0 aliphatic rings. The average Bonchev–Trinajstić information content (AvgIpc) is 2.49. The first-order valence-corrected chi connectivity index (χ1v) is 7.55. The van der Waals surface area contributed by atoms with E-state index >= 15 is 0 Å². The van der Waals surface area contributed by atoms with Crippen LogP contribution in [-0.2, 0) is 9.59 Å². The predicted molar refractivity (Wildman–Crippen MR) is 92.5 cm³/mol. The van der Waals surface area contributed by atoms with Crippen molar-refractivity contribution in [2.45, 2.75) is 6.92 Å². The van der Waals surface area contributed by atoms with Crippen LogP contribution in [0.1, 0.15) is 12.5 Å². The van der Waals surface area contributed by atoms with Gasteiger partial charge in [0.15, 0.2) is 0 Å². The van der Waals surface area contributed by atoms with Crippen molar-refractivity contribution in [1.29, 1.82) is 0 Å². The number of hydrogen-bond donors (Lipinski definition) is 2. The second kappa shape index (κ2) is 7.69. The topological polar surface area (TPSA) is 58.2 Å². The molecule has 23 heavy (non-hydrogen) atoms. The fraction of sp³-hybridized carbons (Fsp3) is 0.0588. The lowest BCUT2D eigenvalue weighted by Crippen LogP contribution is -2.08. The molecule has 0 aromatic heterocycles. The fourth-order valence-corrected chi connectivity index (χ4v) is 2.27. The molecule has 0 saturated carbocycles. The summed E-state index contributed by atoms with van der Waals surface area (Å²) in [5.41, 5.74) is 1.99. The third-order valence-corrected chi connectivity index (χ3v) is 3.50. The molecule has 6 heteroatoms. The molecule has 0 radical (unpaired) electrons. The zero-order valence-electron chi connectivity index (χ0n) is 12.3. The van der Waals surface area contributed by atoms with Gasteiger partial charge in [-0.3, -0.25) is 9.59 Å². The molecule has 4 nitrogen and oxygen atoms in total. The molecule has 2 rings (SSSR count). The molecule has 2 amide bonds. The van der Waals surface area contributed by atoms with Crippen LogP contribution in [0.25, 0.3) is 6.08 Å². The highest BCUT2D eigenvalue weighted by Gasteiger charge is 2.04. The maximum absolute atomic E-state index is 13.0. The lowest BCUT2D eigenvalue weighted by molar-refractivity contribution is -0.114. The van der Waals surface area contributed by atoms with E-state index in [4.69, 9.17) is 0 Å². The molecular weight excluding hydrogens is 363 g/mol. The highest BCUT2D eigenvalue weighted by Crippen LogP contribution is 2.23. The Kier molecular flexibility index (Phi) is 5.65. The molecule has 0 aliphatic carbocycles. The van der Waals surface area contributed by atoms with E-state index in [2.05, 4.69) is 26.6 Å². The van der Waals surface area contributed by atoms with E-state index in [1.165, 1.54) is 31.2 Å². The molecule has 0 saturated heterocycles. The summed E-state index contributed by atoms with van der Waals surface area (Å²) >= 11 is 3.19. The van der Waals surface area contributed by atoms with Crippen LogP contribution >= 0.6 is 15.9 Å². The summed E-state index contributed by atoms with van der Waals surface area (Å²) in [6.07, 6.45) is 3.02. The Morgan fingerprint density at radius 2 is 1.78 bits per heavy atom. The molecule has 0 aliphatic heterocycles. The van der Waals surface area contributed by atoms with Crippen LogP contribution in [0.3, 0.4) is 0 Å². The van der Waals surface area contributed by atoms with Crippen molar-refractivity contribution in [3.63, 3.8) is 0 Å². The molecule has 0 unspecified atom stereocenters. The minimum Gasteiger partial charge on any atom is -0.326 e. The summed E-state index contributed by atoms with van der Waals surface area (Å²) in [5.74, 6) is -0.856. The molecule has 2 aromatic carbocycles. The van der Waals surface area contributed by atoms with E-state index in [9.17, 15) is 14.0 Å². The number of hydrogen-bond acceptors (Lipinski definition) is 2. The first kappa shape index (κ1) is 16.9. The molecule has 0 heterocycles. The number of anilines is 2. The first-order valence-electron chi connectivity index (χ1n) is 6.76. The van der Waals surface area contributed by atoms with Crippen molar-refractivity contribution in [3.8, 4) is 0 Å². The quantitative estimate of drug-likeness (QED) is 0.785. The van der Waals surface area contributed by atoms with E-state index in [0.29, 0.717) is 15.8 Å². The highest BCUT2D eigenvalue weighted by atomic mass is 79.9. The van der Waals surface area contributed by atoms with Gasteiger partial charge in [-0.1, -0.05) is 12.1 Å². The van der Waals surface area contributed by atoms with Crippen molar-refractivity contribution >= 4 is 45.2 Å². The summed E-state index contributed by atoms with van der Waals surface area (Å²) in [6.45, 7) is 1.44. The van der Waals surface area contributed by atoms with Gasteiger partial charge in [-0.25, -0.2) is 4.39 Å². The van der Waals surface area contributed by atoms with Crippen molar-refractivity contribution < 1.29 is 14.0 Å². The Hall–Kier alpha value is -2.47. The van der Waals surface area contributed by atoms with Crippen molar-refractivity contribution in [1.82, 2.24) is 0 Å². The number of halogens is 2. The second-order valence-electron chi connectivity index (χ2n) is 4.75. The van der Waals surface area contributed by atoms with Crippen LogP contribution < -0.4 is 10.6 Å². The van der Waals surface area contributed by atoms with Gasteiger partial charge in [0.1, 0.15) is 5.82 Å². The Balaban J connectivity index is 1.99. The molecule has 0 bridgehead atoms. The number of rotatable bonds is 4. The summed E-state index contributed by atoms with van der Waals surface area (Å²) in [4.78, 5) is 22.8. The van der Waals surface area contributed by atoms with Crippen LogP contribution in [-0.4, -0.2) is 11.8 Å². The van der Waals surface area contributed by atoms with Crippen LogP contribution in [0.2, 0.25) is 0 Å². The third kappa shape index (κ3) is 5.34. The summed E-state index contributed by atoms with van der Waals surface area (Å²) in [6, 6.07) is 11.1. The lowest BCUT2D eigenvalue weighted by Gasteiger charge is -2.05. The zero-order valence-corrected chi connectivity index (χ0v) is 13.9. The van der Waals surface area contributed by atoms with Gasteiger partial charge in [-0.15, -0.1) is 0 Å². The Bertz CT molecular complexity index is 758. The smallest absolute Gasteiger partial charge is 0.248 e. The number of nitrogens with one attached hydrogen (secondary N) is 2. The minimum absolute atomic E-state index is 0.141. The standard InChI is InChI=1S/C17H14BrFN2O2/c1-11(22)20-14-6-2-12(3-7-14)4-9-17(23)21-16-8-5-13(19)10-15(16)18/h2-10H,1H3,(H,20,22)(H,21,23)/b9-4+. The van der Waals surface area contributed by atoms with Gasteiger partial charge in [0.05, 0.1) is 5.69 Å². The summed E-state index contributed by atoms with van der Waals surface area (Å²) < 4.78 is 13.5. The lowest BCUT2D eigenvalue weighted by atomic mass is 10.2. The maximum atomic E-state index is 13.0. The van der Waals surface area contributed by atoms with Gasteiger partial charge in [-0.05, 0) is 57.9 Å². The van der Waals surface area contributed by atoms with Crippen LogP contribution in [0.5, 0.6) is 0 Å². The summed E-state index contributed by atoms with van der Waals surface area (Å²) in [7, 11) is 0.